The first-order chi connectivity index (χ1) is 6.79. The van der Waals surface area contributed by atoms with E-state index in [9.17, 15) is 0 Å². The van der Waals surface area contributed by atoms with E-state index in [2.05, 4.69) is 21.2 Å². The first kappa shape index (κ1) is 10.3. The summed E-state index contributed by atoms with van der Waals surface area (Å²) < 4.78 is 5.06. The molecule has 1 aromatic heterocycles. The topological polar surface area (TPSA) is 47.0 Å². The number of anilines is 1. The van der Waals surface area contributed by atoms with Crippen molar-refractivity contribution in [1.82, 2.24) is 9.97 Å². The Morgan fingerprint density at radius 2 is 2.36 bits per heavy atom. The Labute approximate surface area is 83.7 Å². The van der Waals surface area contributed by atoms with Crippen molar-refractivity contribution in [3.05, 3.63) is 11.9 Å². The van der Waals surface area contributed by atoms with Crippen LogP contribution in [0.15, 0.2) is 6.33 Å². The monoisotopic (exact) mass is 191 g/mol. The number of aromatic nitrogens is 2. The highest BCUT2D eigenvalue weighted by Gasteiger charge is 2.05. The van der Waals surface area contributed by atoms with Crippen molar-refractivity contribution in [2.45, 2.75) is 13.3 Å². The van der Waals surface area contributed by atoms with Crippen molar-refractivity contribution in [1.29, 1.82) is 0 Å². The van der Waals surface area contributed by atoms with Crippen molar-refractivity contribution in [2.75, 3.05) is 19.0 Å². The summed E-state index contributed by atoms with van der Waals surface area (Å²) in [6, 6.07) is 0. The van der Waals surface area contributed by atoms with E-state index in [-0.39, 0.29) is 0 Å². The Hall–Kier alpha value is -1.76. The Bertz CT molecular complexity index is 344. The molecule has 0 radical (unpaired) electrons. The van der Waals surface area contributed by atoms with E-state index in [0.717, 1.165) is 11.4 Å². The van der Waals surface area contributed by atoms with E-state index in [1.807, 2.05) is 6.92 Å². The Morgan fingerprint density at radius 3 is 3.00 bits per heavy atom. The number of hydrogen-bond donors (Lipinski definition) is 1. The van der Waals surface area contributed by atoms with Crippen molar-refractivity contribution >= 4 is 5.82 Å². The summed E-state index contributed by atoms with van der Waals surface area (Å²) >= 11 is 0. The highest BCUT2D eigenvalue weighted by Crippen LogP contribution is 2.19. The molecule has 0 atom stereocenters. The molecule has 0 aliphatic carbocycles. The predicted octanol–water partition coefficient (Wildman–Crippen LogP) is 1.23. The summed E-state index contributed by atoms with van der Waals surface area (Å²) in [5.41, 5.74) is 0.895. The van der Waals surface area contributed by atoms with Crippen LogP contribution in [0, 0.1) is 19.3 Å². The smallest absolute Gasteiger partial charge is 0.221 e. The molecule has 0 unspecified atom stereocenters. The molecule has 74 valence electrons. The second kappa shape index (κ2) is 5.07. The highest BCUT2D eigenvalue weighted by molar-refractivity contribution is 5.47. The second-order valence-electron chi connectivity index (χ2n) is 2.74. The number of nitrogens with zero attached hydrogens (tertiary/aromatic N) is 2. The van der Waals surface area contributed by atoms with Crippen LogP contribution in [0.2, 0.25) is 0 Å². The van der Waals surface area contributed by atoms with Gasteiger partial charge in [0.05, 0.1) is 12.7 Å². The number of terminal acetylenes is 1. The molecule has 14 heavy (non-hydrogen) atoms. The molecule has 0 spiro atoms. The van der Waals surface area contributed by atoms with Gasteiger partial charge < -0.3 is 10.1 Å². The molecule has 4 nitrogen and oxygen atoms in total. The van der Waals surface area contributed by atoms with Crippen molar-refractivity contribution in [2.24, 2.45) is 0 Å². The summed E-state index contributed by atoms with van der Waals surface area (Å²) in [5.74, 6) is 3.91. The molecular weight excluding hydrogens is 178 g/mol. The first-order valence-electron chi connectivity index (χ1n) is 4.32. The number of ether oxygens (including phenoxy) is 1. The third-order valence-electron chi connectivity index (χ3n) is 1.79. The summed E-state index contributed by atoms with van der Waals surface area (Å²) in [5, 5.41) is 3.11. The van der Waals surface area contributed by atoms with E-state index in [1.54, 1.807) is 7.11 Å². The molecular formula is C10H13N3O. The average molecular weight is 191 g/mol. The number of hydrogen-bond acceptors (Lipinski definition) is 4. The molecule has 1 aromatic rings. The highest BCUT2D eigenvalue weighted by atomic mass is 16.5. The minimum atomic E-state index is 0.586. The average Bonchev–Trinajstić information content (AvgIpc) is 2.21. The lowest BCUT2D eigenvalue weighted by molar-refractivity contribution is 0.393. The van der Waals surface area contributed by atoms with Crippen LogP contribution in [0.25, 0.3) is 0 Å². The molecule has 4 heteroatoms. The molecule has 0 fully saturated rings. The normalized spacial score (nSPS) is 9.21. The third kappa shape index (κ3) is 2.36. The molecule has 0 aliphatic rings. The van der Waals surface area contributed by atoms with Gasteiger partial charge in [0, 0.05) is 13.0 Å². The van der Waals surface area contributed by atoms with Gasteiger partial charge in [-0.05, 0) is 6.92 Å². The van der Waals surface area contributed by atoms with Crippen molar-refractivity contribution in [3.8, 4) is 18.2 Å². The SMILES string of the molecule is C#CCCNc1ncnc(OC)c1C. The fraction of sp³-hybridized carbons (Fsp3) is 0.400. The van der Waals surface area contributed by atoms with Crippen LogP contribution in [0.3, 0.4) is 0 Å². The lowest BCUT2D eigenvalue weighted by Crippen LogP contribution is -2.06. The van der Waals surface area contributed by atoms with E-state index in [0.29, 0.717) is 18.8 Å². The van der Waals surface area contributed by atoms with Gasteiger partial charge in [-0.2, -0.15) is 0 Å². The molecule has 0 aromatic carbocycles. The minimum Gasteiger partial charge on any atom is -0.481 e. The molecule has 0 saturated carbocycles. The Kier molecular flexibility index (Phi) is 3.74. The quantitative estimate of drug-likeness (QED) is 0.574. The van der Waals surface area contributed by atoms with E-state index >= 15 is 0 Å². The molecule has 1 rings (SSSR count). The molecule has 1 N–H and O–H groups in total. The van der Waals surface area contributed by atoms with E-state index in [1.165, 1.54) is 6.33 Å². The van der Waals surface area contributed by atoms with Gasteiger partial charge in [0.2, 0.25) is 5.88 Å². The van der Waals surface area contributed by atoms with Gasteiger partial charge in [-0.15, -0.1) is 12.3 Å². The zero-order chi connectivity index (χ0) is 10.4. The van der Waals surface area contributed by atoms with Gasteiger partial charge in [-0.25, -0.2) is 9.97 Å². The zero-order valence-electron chi connectivity index (χ0n) is 8.37. The zero-order valence-corrected chi connectivity index (χ0v) is 8.37. The van der Waals surface area contributed by atoms with E-state index in [4.69, 9.17) is 11.2 Å². The summed E-state index contributed by atoms with van der Waals surface area (Å²) in [6.45, 7) is 2.61. The van der Waals surface area contributed by atoms with Gasteiger partial charge in [-0.1, -0.05) is 0 Å². The Balaban J connectivity index is 2.72. The Morgan fingerprint density at radius 1 is 1.57 bits per heavy atom. The van der Waals surface area contributed by atoms with Crippen LogP contribution in [0.4, 0.5) is 5.82 Å². The number of nitrogens with one attached hydrogen (secondary N) is 1. The summed E-state index contributed by atoms with van der Waals surface area (Å²) in [4.78, 5) is 8.06. The number of rotatable bonds is 4. The maximum Gasteiger partial charge on any atom is 0.221 e. The lowest BCUT2D eigenvalue weighted by Gasteiger charge is -2.08. The lowest BCUT2D eigenvalue weighted by atomic mass is 10.3. The second-order valence-corrected chi connectivity index (χ2v) is 2.74. The largest absolute Gasteiger partial charge is 0.481 e. The molecule has 0 amide bonds. The summed E-state index contributed by atoms with van der Waals surface area (Å²) in [6.07, 6.45) is 7.27. The van der Waals surface area contributed by atoms with Crippen LogP contribution in [-0.4, -0.2) is 23.6 Å². The molecule has 0 saturated heterocycles. The maximum absolute atomic E-state index is 5.14. The van der Waals surface area contributed by atoms with Gasteiger partial charge >= 0.3 is 0 Å². The van der Waals surface area contributed by atoms with Crippen molar-refractivity contribution < 1.29 is 4.74 Å². The molecule has 1 heterocycles. The fourth-order valence-electron chi connectivity index (χ4n) is 1.07. The van der Waals surface area contributed by atoms with Gasteiger partial charge in [0.15, 0.2) is 0 Å². The van der Waals surface area contributed by atoms with Gasteiger partial charge in [0.25, 0.3) is 0 Å². The predicted molar refractivity (Wildman–Crippen MR) is 55.3 cm³/mol. The maximum atomic E-state index is 5.14. The standard InChI is InChI=1S/C10H13N3O/c1-4-5-6-11-9-8(2)10(14-3)13-7-12-9/h1,7H,5-6H2,2-3H3,(H,11,12,13). The van der Waals surface area contributed by atoms with Crippen LogP contribution in [-0.2, 0) is 0 Å². The fourth-order valence-corrected chi connectivity index (χ4v) is 1.07. The van der Waals surface area contributed by atoms with E-state index < -0.39 is 0 Å². The minimum absolute atomic E-state index is 0.586. The summed E-state index contributed by atoms with van der Waals surface area (Å²) in [7, 11) is 1.58. The van der Waals surface area contributed by atoms with Gasteiger partial charge in [-0.3, -0.25) is 0 Å². The van der Waals surface area contributed by atoms with Crippen LogP contribution >= 0.6 is 0 Å². The molecule has 0 aliphatic heterocycles. The van der Waals surface area contributed by atoms with Crippen LogP contribution in [0.1, 0.15) is 12.0 Å². The third-order valence-corrected chi connectivity index (χ3v) is 1.79. The van der Waals surface area contributed by atoms with Gasteiger partial charge in [0.1, 0.15) is 12.1 Å². The number of methoxy groups -OCH3 is 1. The van der Waals surface area contributed by atoms with Crippen LogP contribution < -0.4 is 10.1 Å². The van der Waals surface area contributed by atoms with Crippen molar-refractivity contribution in [3.63, 3.8) is 0 Å². The van der Waals surface area contributed by atoms with Crippen LogP contribution in [0.5, 0.6) is 5.88 Å². The first-order valence-corrected chi connectivity index (χ1v) is 4.32. The molecule has 0 bridgehead atoms.